The minimum Gasteiger partial charge on any atom is -0.329 e. The summed E-state index contributed by atoms with van der Waals surface area (Å²) in [4.78, 5) is 31.1. The van der Waals surface area contributed by atoms with Crippen LogP contribution in [-0.4, -0.2) is 34.8 Å². The van der Waals surface area contributed by atoms with Gasteiger partial charge in [0.2, 0.25) is 5.91 Å². The second kappa shape index (κ2) is 9.14. The van der Waals surface area contributed by atoms with Crippen molar-refractivity contribution in [3.05, 3.63) is 46.4 Å². The number of halogens is 1. The molecule has 138 valence electrons. The third kappa shape index (κ3) is 5.29. The summed E-state index contributed by atoms with van der Waals surface area (Å²) in [5.74, 6) is 0.0901. The van der Waals surface area contributed by atoms with Crippen LogP contribution in [-0.2, 0) is 4.79 Å². The summed E-state index contributed by atoms with van der Waals surface area (Å²) >= 11 is 7.28. The summed E-state index contributed by atoms with van der Waals surface area (Å²) in [6.07, 6.45) is 7.50. The largest absolute Gasteiger partial charge is 0.329 e. The van der Waals surface area contributed by atoms with Crippen LogP contribution in [0.1, 0.15) is 42.5 Å². The van der Waals surface area contributed by atoms with Crippen LogP contribution in [0, 0.1) is 5.92 Å². The van der Waals surface area contributed by atoms with E-state index in [1.165, 1.54) is 30.6 Å². The van der Waals surface area contributed by atoms with Gasteiger partial charge in [0.05, 0.1) is 0 Å². The van der Waals surface area contributed by atoms with Gasteiger partial charge in [-0.15, -0.1) is 11.3 Å². The quantitative estimate of drug-likeness (QED) is 0.790. The molecule has 0 unspecified atom stereocenters. The minimum atomic E-state index is -0.224. The molecule has 2 amide bonds. The molecule has 1 aromatic heterocycles. The summed E-state index contributed by atoms with van der Waals surface area (Å²) in [5, 5.41) is 5.69. The highest BCUT2D eigenvalue weighted by Crippen LogP contribution is 2.25. The summed E-state index contributed by atoms with van der Waals surface area (Å²) < 4.78 is 0. The fraction of sp³-hybridized carbons (Fsp3) is 0.421. The number of thiazole rings is 1. The fourth-order valence-electron chi connectivity index (χ4n) is 3.29. The molecule has 26 heavy (non-hydrogen) atoms. The van der Waals surface area contributed by atoms with Gasteiger partial charge in [0, 0.05) is 28.7 Å². The second-order valence-corrected chi connectivity index (χ2v) is 7.91. The Morgan fingerprint density at radius 1 is 1.19 bits per heavy atom. The number of anilines is 1. The Kier molecular flexibility index (Phi) is 6.63. The maximum Gasteiger partial charge on any atom is 0.254 e. The number of nitrogens with zero attached hydrogens (tertiary/aromatic N) is 2. The standard InChI is InChI=1S/C19H22ClN3O2S/c20-16-8-6-15(7-9-16)18(25)23(12-14-4-2-1-3-5-14)13-17(24)22-19-21-10-11-26-19/h6-11,14H,1-5,12-13H2,(H,21,22,24). The Hall–Kier alpha value is -1.92. The molecule has 5 nitrogen and oxygen atoms in total. The van der Waals surface area contributed by atoms with Gasteiger partial charge >= 0.3 is 0 Å². The first-order chi connectivity index (χ1) is 12.6. The number of benzene rings is 1. The summed E-state index contributed by atoms with van der Waals surface area (Å²) in [5.41, 5.74) is 0.548. The van der Waals surface area contributed by atoms with E-state index in [1.807, 2.05) is 0 Å². The first-order valence-electron chi connectivity index (χ1n) is 8.86. The second-order valence-electron chi connectivity index (χ2n) is 6.58. The van der Waals surface area contributed by atoms with Crippen molar-refractivity contribution in [3.63, 3.8) is 0 Å². The van der Waals surface area contributed by atoms with E-state index in [2.05, 4.69) is 10.3 Å². The Labute approximate surface area is 162 Å². The van der Waals surface area contributed by atoms with Crippen molar-refractivity contribution >= 4 is 39.9 Å². The predicted octanol–water partition coefficient (Wildman–Crippen LogP) is 4.46. The van der Waals surface area contributed by atoms with Crippen LogP contribution in [0.5, 0.6) is 0 Å². The Balaban J connectivity index is 1.70. The van der Waals surface area contributed by atoms with Crippen molar-refractivity contribution in [2.75, 3.05) is 18.4 Å². The van der Waals surface area contributed by atoms with Crippen LogP contribution in [0.2, 0.25) is 5.02 Å². The van der Waals surface area contributed by atoms with E-state index in [0.29, 0.717) is 28.2 Å². The van der Waals surface area contributed by atoms with Crippen molar-refractivity contribution in [3.8, 4) is 0 Å². The lowest BCUT2D eigenvalue weighted by molar-refractivity contribution is -0.117. The van der Waals surface area contributed by atoms with Gasteiger partial charge in [-0.1, -0.05) is 30.9 Å². The zero-order chi connectivity index (χ0) is 18.4. The lowest BCUT2D eigenvalue weighted by Crippen LogP contribution is -2.41. The van der Waals surface area contributed by atoms with E-state index in [-0.39, 0.29) is 18.4 Å². The first-order valence-corrected chi connectivity index (χ1v) is 10.1. The molecular formula is C19H22ClN3O2S. The van der Waals surface area contributed by atoms with E-state index in [1.54, 1.807) is 40.7 Å². The molecule has 1 fully saturated rings. The van der Waals surface area contributed by atoms with E-state index in [9.17, 15) is 9.59 Å². The monoisotopic (exact) mass is 391 g/mol. The van der Waals surface area contributed by atoms with Crippen LogP contribution in [0.25, 0.3) is 0 Å². The number of amides is 2. The van der Waals surface area contributed by atoms with Gasteiger partial charge < -0.3 is 10.2 Å². The van der Waals surface area contributed by atoms with Gasteiger partial charge in [-0.05, 0) is 43.0 Å². The number of hydrogen-bond acceptors (Lipinski definition) is 4. The van der Waals surface area contributed by atoms with Crippen molar-refractivity contribution in [2.24, 2.45) is 5.92 Å². The molecule has 1 aliphatic rings. The molecule has 0 radical (unpaired) electrons. The summed E-state index contributed by atoms with van der Waals surface area (Å²) in [6.45, 7) is 0.629. The molecular weight excluding hydrogens is 370 g/mol. The number of carbonyl (C=O) groups excluding carboxylic acids is 2. The van der Waals surface area contributed by atoms with Gasteiger partial charge in [0.15, 0.2) is 5.13 Å². The molecule has 1 saturated carbocycles. The number of carbonyl (C=O) groups is 2. The topological polar surface area (TPSA) is 62.3 Å². The van der Waals surface area contributed by atoms with E-state index < -0.39 is 0 Å². The molecule has 0 bridgehead atoms. The summed E-state index contributed by atoms with van der Waals surface area (Å²) in [7, 11) is 0. The number of rotatable bonds is 6. The lowest BCUT2D eigenvalue weighted by Gasteiger charge is -2.29. The van der Waals surface area contributed by atoms with Crippen LogP contribution >= 0.6 is 22.9 Å². The van der Waals surface area contributed by atoms with E-state index in [0.717, 1.165) is 12.8 Å². The minimum absolute atomic E-state index is 0.0253. The molecule has 0 spiro atoms. The first kappa shape index (κ1) is 18.9. The molecule has 2 aromatic rings. The highest BCUT2D eigenvalue weighted by Gasteiger charge is 2.24. The SMILES string of the molecule is O=C(CN(CC1CCCCC1)C(=O)c1ccc(Cl)cc1)Nc1nccs1. The van der Waals surface area contributed by atoms with Crippen molar-refractivity contribution < 1.29 is 9.59 Å². The molecule has 3 rings (SSSR count). The number of hydrogen-bond donors (Lipinski definition) is 1. The normalized spacial score (nSPS) is 14.8. The molecule has 0 aliphatic heterocycles. The molecule has 1 aromatic carbocycles. The fourth-order valence-corrected chi connectivity index (χ4v) is 3.96. The number of aromatic nitrogens is 1. The predicted molar refractivity (Wildman–Crippen MR) is 105 cm³/mol. The Morgan fingerprint density at radius 3 is 2.58 bits per heavy atom. The van der Waals surface area contributed by atoms with Crippen molar-refractivity contribution in [1.29, 1.82) is 0 Å². The number of nitrogens with one attached hydrogen (secondary N) is 1. The third-order valence-corrected chi connectivity index (χ3v) is 5.54. The lowest BCUT2D eigenvalue weighted by atomic mass is 9.89. The maximum absolute atomic E-state index is 13.0. The van der Waals surface area contributed by atoms with Gasteiger partial charge in [0.1, 0.15) is 6.54 Å². The molecule has 1 N–H and O–H groups in total. The van der Waals surface area contributed by atoms with Crippen molar-refractivity contribution in [2.45, 2.75) is 32.1 Å². The zero-order valence-electron chi connectivity index (χ0n) is 14.5. The Bertz CT molecular complexity index is 728. The average Bonchev–Trinajstić information content (AvgIpc) is 3.15. The molecule has 1 heterocycles. The van der Waals surface area contributed by atoms with Crippen LogP contribution < -0.4 is 5.32 Å². The van der Waals surface area contributed by atoms with Crippen molar-refractivity contribution in [1.82, 2.24) is 9.88 Å². The van der Waals surface area contributed by atoms with Gasteiger partial charge in [-0.25, -0.2) is 4.98 Å². The highest BCUT2D eigenvalue weighted by molar-refractivity contribution is 7.13. The zero-order valence-corrected chi connectivity index (χ0v) is 16.1. The maximum atomic E-state index is 13.0. The van der Waals surface area contributed by atoms with Gasteiger partial charge in [-0.2, -0.15) is 0 Å². The molecule has 7 heteroatoms. The van der Waals surface area contributed by atoms with Crippen LogP contribution in [0.3, 0.4) is 0 Å². The van der Waals surface area contributed by atoms with Crippen LogP contribution in [0.4, 0.5) is 5.13 Å². The smallest absolute Gasteiger partial charge is 0.254 e. The molecule has 1 aliphatic carbocycles. The molecule has 0 atom stereocenters. The Morgan fingerprint density at radius 2 is 1.92 bits per heavy atom. The van der Waals surface area contributed by atoms with Crippen LogP contribution in [0.15, 0.2) is 35.8 Å². The van der Waals surface area contributed by atoms with E-state index >= 15 is 0 Å². The van der Waals surface area contributed by atoms with E-state index in [4.69, 9.17) is 11.6 Å². The van der Waals surface area contributed by atoms with Gasteiger partial charge in [-0.3, -0.25) is 9.59 Å². The highest BCUT2D eigenvalue weighted by atomic mass is 35.5. The average molecular weight is 392 g/mol. The molecule has 0 saturated heterocycles. The summed E-state index contributed by atoms with van der Waals surface area (Å²) in [6, 6.07) is 6.81. The third-order valence-electron chi connectivity index (χ3n) is 4.59. The van der Waals surface area contributed by atoms with Gasteiger partial charge in [0.25, 0.3) is 5.91 Å².